The molecule has 4 heteroatoms. The molecule has 1 unspecified atom stereocenters. The first kappa shape index (κ1) is 11.5. The highest BCUT2D eigenvalue weighted by Gasteiger charge is 2.25. The summed E-state index contributed by atoms with van der Waals surface area (Å²) < 4.78 is 0. The summed E-state index contributed by atoms with van der Waals surface area (Å²) in [7, 11) is 0. The summed E-state index contributed by atoms with van der Waals surface area (Å²) >= 11 is 0. The quantitative estimate of drug-likeness (QED) is 0.672. The Hall–Kier alpha value is -0.610. The van der Waals surface area contributed by atoms with Crippen LogP contribution in [-0.4, -0.2) is 47.7 Å². The Morgan fingerprint density at radius 3 is 2.57 bits per heavy atom. The van der Waals surface area contributed by atoms with Crippen LogP contribution >= 0.6 is 0 Å². The minimum atomic E-state index is -0.845. The Morgan fingerprint density at radius 2 is 2.07 bits per heavy atom. The molecule has 0 aromatic rings. The molecule has 1 aliphatic rings. The van der Waals surface area contributed by atoms with Crippen LogP contribution in [0.15, 0.2) is 0 Å². The van der Waals surface area contributed by atoms with Crippen LogP contribution < -0.4 is 5.32 Å². The van der Waals surface area contributed by atoms with Crippen LogP contribution in [0.1, 0.15) is 26.7 Å². The van der Waals surface area contributed by atoms with Crippen molar-refractivity contribution in [1.82, 2.24) is 10.2 Å². The molecule has 1 amide bonds. The van der Waals surface area contributed by atoms with Gasteiger partial charge in [0, 0.05) is 26.2 Å². The minimum Gasteiger partial charge on any atom is -0.390 e. The molecule has 1 saturated heterocycles. The first-order valence-electron chi connectivity index (χ1n) is 5.26. The molecular weight excluding hydrogens is 180 g/mol. The SMILES string of the molecule is CCC(C)(O)CC(=O)N1CCNCC1. The molecule has 0 aliphatic carbocycles. The van der Waals surface area contributed by atoms with Crippen molar-refractivity contribution in [2.45, 2.75) is 32.3 Å². The van der Waals surface area contributed by atoms with Gasteiger partial charge < -0.3 is 15.3 Å². The normalized spacial score (nSPS) is 21.8. The van der Waals surface area contributed by atoms with Gasteiger partial charge in [-0.15, -0.1) is 0 Å². The zero-order valence-electron chi connectivity index (χ0n) is 9.05. The van der Waals surface area contributed by atoms with Crippen molar-refractivity contribution in [2.24, 2.45) is 0 Å². The number of piperazine rings is 1. The van der Waals surface area contributed by atoms with Crippen molar-refractivity contribution in [1.29, 1.82) is 0 Å². The molecule has 0 saturated carbocycles. The summed E-state index contributed by atoms with van der Waals surface area (Å²) in [6, 6.07) is 0. The number of hydrogen-bond acceptors (Lipinski definition) is 3. The molecule has 2 N–H and O–H groups in total. The molecule has 1 rings (SSSR count). The molecule has 82 valence electrons. The summed E-state index contributed by atoms with van der Waals surface area (Å²) in [5.74, 6) is 0.0679. The van der Waals surface area contributed by atoms with Crippen LogP contribution in [0.4, 0.5) is 0 Å². The lowest BCUT2D eigenvalue weighted by Crippen LogP contribution is -2.48. The van der Waals surface area contributed by atoms with Crippen LogP contribution in [0, 0.1) is 0 Å². The van der Waals surface area contributed by atoms with Crippen LogP contribution in [-0.2, 0) is 4.79 Å². The molecule has 4 nitrogen and oxygen atoms in total. The lowest BCUT2D eigenvalue weighted by Gasteiger charge is -2.30. The fourth-order valence-electron chi connectivity index (χ4n) is 1.48. The van der Waals surface area contributed by atoms with Gasteiger partial charge in [0.15, 0.2) is 0 Å². The molecule has 0 spiro atoms. The van der Waals surface area contributed by atoms with Crippen molar-refractivity contribution in [3.8, 4) is 0 Å². The van der Waals surface area contributed by atoms with Gasteiger partial charge in [0.1, 0.15) is 0 Å². The topological polar surface area (TPSA) is 52.6 Å². The van der Waals surface area contributed by atoms with Crippen molar-refractivity contribution < 1.29 is 9.90 Å². The molecule has 0 aromatic heterocycles. The van der Waals surface area contributed by atoms with Crippen molar-refractivity contribution in [3.63, 3.8) is 0 Å². The zero-order valence-corrected chi connectivity index (χ0v) is 9.05. The van der Waals surface area contributed by atoms with E-state index < -0.39 is 5.60 Å². The van der Waals surface area contributed by atoms with Gasteiger partial charge in [0.2, 0.25) is 5.91 Å². The smallest absolute Gasteiger partial charge is 0.225 e. The van der Waals surface area contributed by atoms with Crippen LogP contribution in [0.2, 0.25) is 0 Å². The molecule has 1 heterocycles. The Bertz CT molecular complexity index is 198. The number of carbonyl (C=O) groups is 1. The summed E-state index contributed by atoms with van der Waals surface area (Å²) in [6.07, 6.45) is 0.855. The molecule has 1 aliphatic heterocycles. The average Bonchev–Trinajstić information content (AvgIpc) is 2.19. The fourth-order valence-corrected chi connectivity index (χ4v) is 1.48. The summed E-state index contributed by atoms with van der Waals surface area (Å²) in [6.45, 7) is 6.86. The van der Waals surface area contributed by atoms with Crippen LogP contribution in [0.3, 0.4) is 0 Å². The number of nitrogens with one attached hydrogen (secondary N) is 1. The summed E-state index contributed by atoms with van der Waals surface area (Å²) in [5.41, 5.74) is -0.845. The van der Waals surface area contributed by atoms with Crippen molar-refractivity contribution in [2.75, 3.05) is 26.2 Å². The third-order valence-electron chi connectivity index (χ3n) is 2.76. The van der Waals surface area contributed by atoms with E-state index in [1.165, 1.54) is 0 Å². The molecule has 14 heavy (non-hydrogen) atoms. The molecule has 0 bridgehead atoms. The predicted molar refractivity (Wildman–Crippen MR) is 55.0 cm³/mol. The average molecular weight is 200 g/mol. The molecular formula is C10H20N2O2. The van der Waals surface area contributed by atoms with E-state index in [0.717, 1.165) is 26.2 Å². The van der Waals surface area contributed by atoms with Gasteiger partial charge in [-0.1, -0.05) is 6.92 Å². The maximum absolute atomic E-state index is 11.7. The van der Waals surface area contributed by atoms with E-state index in [2.05, 4.69) is 5.32 Å². The zero-order chi connectivity index (χ0) is 10.6. The largest absolute Gasteiger partial charge is 0.390 e. The lowest BCUT2D eigenvalue weighted by atomic mass is 9.98. The maximum atomic E-state index is 11.7. The molecule has 1 fully saturated rings. The molecule has 0 radical (unpaired) electrons. The highest BCUT2D eigenvalue weighted by Crippen LogP contribution is 2.15. The van der Waals surface area contributed by atoms with Gasteiger partial charge in [0.05, 0.1) is 12.0 Å². The van der Waals surface area contributed by atoms with E-state index in [4.69, 9.17) is 0 Å². The van der Waals surface area contributed by atoms with E-state index in [-0.39, 0.29) is 12.3 Å². The first-order valence-corrected chi connectivity index (χ1v) is 5.26. The van der Waals surface area contributed by atoms with E-state index >= 15 is 0 Å². The Balaban J connectivity index is 2.40. The molecule has 1 atom stereocenters. The third kappa shape index (κ3) is 3.27. The standard InChI is InChI=1S/C10H20N2O2/c1-3-10(2,14)8-9(13)12-6-4-11-5-7-12/h11,14H,3-8H2,1-2H3. The van der Waals surface area contributed by atoms with E-state index in [1.54, 1.807) is 6.92 Å². The highest BCUT2D eigenvalue weighted by atomic mass is 16.3. The van der Waals surface area contributed by atoms with E-state index in [0.29, 0.717) is 6.42 Å². The molecule has 0 aromatic carbocycles. The third-order valence-corrected chi connectivity index (χ3v) is 2.76. The summed E-state index contributed by atoms with van der Waals surface area (Å²) in [5, 5.41) is 13.0. The maximum Gasteiger partial charge on any atom is 0.225 e. The lowest BCUT2D eigenvalue weighted by molar-refractivity contribution is -0.136. The number of rotatable bonds is 3. The van der Waals surface area contributed by atoms with Gasteiger partial charge in [-0.05, 0) is 13.3 Å². The Labute approximate surface area is 85.3 Å². The second kappa shape index (κ2) is 4.75. The number of carbonyl (C=O) groups excluding carboxylic acids is 1. The van der Waals surface area contributed by atoms with Gasteiger partial charge in [0.25, 0.3) is 0 Å². The second-order valence-electron chi connectivity index (χ2n) is 4.16. The second-order valence-corrected chi connectivity index (χ2v) is 4.16. The predicted octanol–water partition coefficient (Wildman–Crippen LogP) is -0.0307. The summed E-state index contributed by atoms with van der Waals surface area (Å²) in [4.78, 5) is 13.5. The monoisotopic (exact) mass is 200 g/mol. The van der Waals surface area contributed by atoms with Gasteiger partial charge in [-0.3, -0.25) is 4.79 Å². The first-order chi connectivity index (χ1) is 6.55. The van der Waals surface area contributed by atoms with E-state index in [9.17, 15) is 9.90 Å². The van der Waals surface area contributed by atoms with Gasteiger partial charge in [-0.2, -0.15) is 0 Å². The fraction of sp³-hybridized carbons (Fsp3) is 0.900. The minimum absolute atomic E-state index is 0.0679. The number of nitrogens with zero attached hydrogens (tertiary/aromatic N) is 1. The van der Waals surface area contributed by atoms with Gasteiger partial charge >= 0.3 is 0 Å². The number of amides is 1. The highest BCUT2D eigenvalue weighted by molar-refractivity contribution is 5.77. The number of hydrogen-bond donors (Lipinski definition) is 2. The van der Waals surface area contributed by atoms with E-state index in [1.807, 2.05) is 11.8 Å². The van der Waals surface area contributed by atoms with Crippen molar-refractivity contribution >= 4 is 5.91 Å². The Kier molecular flexibility index (Phi) is 3.89. The van der Waals surface area contributed by atoms with Crippen molar-refractivity contribution in [3.05, 3.63) is 0 Å². The van der Waals surface area contributed by atoms with Gasteiger partial charge in [-0.25, -0.2) is 0 Å². The Morgan fingerprint density at radius 1 is 1.50 bits per heavy atom. The van der Waals surface area contributed by atoms with Crippen LogP contribution in [0.5, 0.6) is 0 Å². The van der Waals surface area contributed by atoms with Crippen LogP contribution in [0.25, 0.3) is 0 Å². The number of aliphatic hydroxyl groups is 1.